The number of carboxylic acids is 1. The number of aromatic nitrogens is 1. The molecule has 1 aliphatic carbocycles. The Labute approximate surface area is 153 Å². The van der Waals surface area contributed by atoms with Crippen LogP contribution >= 0.6 is 0 Å². The van der Waals surface area contributed by atoms with E-state index in [4.69, 9.17) is 9.84 Å². The van der Waals surface area contributed by atoms with E-state index in [-0.39, 0.29) is 18.3 Å². The second kappa shape index (κ2) is 7.50. The molecule has 1 saturated carbocycles. The van der Waals surface area contributed by atoms with Crippen molar-refractivity contribution in [3.63, 3.8) is 0 Å². The Bertz CT molecular complexity index is 881. The topological polar surface area (TPSA) is 71.8 Å². The van der Waals surface area contributed by atoms with Gasteiger partial charge in [-0.15, -0.1) is 0 Å². The first-order valence-corrected chi connectivity index (χ1v) is 9.05. The Hall–Kier alpha value is -2.34. The minimum atomic E-state index is -0.883. The number of carbonyl (C=O) groups is 1. The molecule has 6 nitrogen and oxygen atoms in total. The summed E-state index contributed by atoms with van der Waals surface area (Å²) in [5.74, 6) is -0.127. The van der Waals surface area contributed by atoms with E-state index >= 15 is 0 Å². The van der Waals surface area contributed by atoms with Gasteiger partial charge in [-0.05, 0) is 52.4 Å². The summed E-state index contributed by atoms with van der Waals surface area (Å²) in [4.78, 5) is 25.9. The zero-order valence-corrected chi connectivity index (χ0v) is 15.6. The van der Waals surface area contributed by atoms with Gasteiger partial charge in [0.2, 0.25) is 0 Å². The SMILES string of the molecule is Cc1c(CCC(=O)O)c(=O)c2ccc(OCCN(C)C)cc2n1C1CC1. The Morgan fingerprint density at radius 3 is 2.69 bits per heavy atom. The van der Waals surface area contributed by atoms with Crippen molar-refractivity contribution in [1.29, 1.82) is 0 Å². The maximum absolute atomic E-state index is 12.9. The molecule has 0 saturated heterocycles. The summed E-state index contributed by atoms with van der Waals surface area (Å²) in [7, 11) is 3.99. The molecule has 6 heteroatoms. The van der Waals surface area contributed by atoms with Gasteiger partial charge in [-0.25, -0.2) is 0 Å². The number of ether oxygens (including phenoxy) is 1. The summed E-state index contributed by atoms with van der Waals surface area (Å²) in [6.07, 6.45) is 2.41. The Morgan fingerprint density at radius 2 is 2.08 bits per heavy atom. The second-order valence-corrected chi connectivity index (χ2v) is 7.22. The molecule has 0 spiro atoms. The lowest BCUT2D eigenvalue weighted by Crippen LogP contribution is -2.20. The Balaban J connectivity index is 2.03. The first kappa shape index (κ1) is 18.5. The van der Waals surface area contributed by atoms with Gasteiger partial charge in [-0.3, -0.25) is 9.59 Å². The van der Waals surface area contributed by atoms with Gasteiger partial charge in [0, 0.05) is 41.7 Å². The van der Waals surface area contributed by atoms with Crippen LogP contribution in [0, 0.1) is 6.92 Å². The average molecular weight is 358 g/mol. The molecule has 1 aromatic carbocycles. The molecule has 1 fully saturated rings. The summed E-state index contributed by atoms with van der Waals surface area (Å²) >= 11 is 0. The lowest BCUT2D eigenvalue weighted by atomic mass is 10.0. The molecular formula is C20H26N2O4. The fourth-order valence-corrected chi connectivity index (χ4v) is 3.32. The molecule has 140 valence electrons. The summed E-state index contributed by atoms with van der Waals surface area (Å²) in [5.41, 5.74) is 2.33. The van der Waals surface area contributed by atoms with E-state index in [1.54, 1.807) is 0 Å². The summed E-state index contributed by atoms with van der Waals surface area (Å²) in [6, 6.07) is 5.97. The molecule has 0 bridgehead atoms. The van der Waals surface area contributed by atoms with Crippen LogP contribution in [0.25, 0.3) is 10.9 Å². The van der Waals surface area contributed by atoms with Gasteiger partial charge in [0.15, 0.2) is 5.43 Å². The number of aliphatic carboxylic acids is 1. The molecule has 1 heterocycles. The summed E-state index contributed by atoms with van der Waals surface area (Å²) in [5, 5.41) is 9.63. The molecule has 3 rings (SSSR count). The number of hydrogen-bond acceptors (Lipinski definition) is 4. The van der Waals surface area contributed by atoms with E-state index < -0.39 is 5.97 Å². The molecule has 0 radical (unpaired) electrons. The van der Waals surface area contributed by atoms with Gasteiger partial charge in [0.05, 0.1) is 5.52 Å². The van der Waals surface area contributed by atoms with Gasteiger partial charge < -0.3 is 19.3 Å². The zero-order chi connectivity index (χ0) is 18.8. The fraction of sp³-hybridized carbons (Fsp3) is 0.500. The monoisotopic (exact) mass is 358 g/mol. The van der Waals surface area contributed by atoms with E-state index in [1.807, 2.05) is 39.2 Å². The number of carboxylic acid groups (broad SMARTS) is 1. The largest absolute Gasteiger partial charge is 0.492 e. The van der Waals surface area contributed by atoms with Crippen molar-refractivity contribution in [2.24, 2.45) is 0 Å². The van der Waals surface area contributed by atoms with Gasteiger partial charge in [0.1, 0.15) is 12.4 Å². The van der Waals surface area contributed by atoms with Crippen molar-refractivity contribution in [2.45, 2.75) is 38.6 Å². The third kappa shape index (κ3) is 3.90. The number of pyridine rings is 1. The lowest BCUT2D eigenvalue weighted by molar-refractivity contribution is -0.136. The predicted molar refractivity (Wildman–Crippen MR) is 101 cm³/mol. The van der Waals surface area contributed by atoms with Crippen LogP contribution in [0.5, 0.6) is 5.75 Å². The maximum Gasteiger partial charge on any atom is 0.303 e. The van der Waals surface area contributed by atoms with Gasteiger partial charge in [-0.1, -0.05) is 0 Å². The predicted octanol–water partition coefficient (Wildman–Crippen LogP) is 2.60. The highest BCUT2D eigenvalue weighted by Gasteiger charge is 2.28. The van der Waals surface area contributed by atoms with E-state index in [9.17, 15) is 9.59 Å². The molecule has 0 unspecified atom stereocenters. The molecule has 1 N–H and O–H groups in total. The van der Waals surface area contributed by atoms with E-state index in [1.165, 1.54) is 0 Å². The highest BCUT2D eigenvalue weighted by molar-refractivity contribution is 5.82. The molecule has 0 amide bonds. The summed E-state index contributed by atoms with van der Waals surface area (Å²) < 4.78 is 8.04. The molecule has 1 aromatic heterocycles. The normalized spacial score (nSPS) is 14.2. The van der Waals surface area contributed by atoms with Crippen LogP contribution < -0.4 is 10.2 Å². The van der Waals surface area contributed by atoms with Crippen LogP contribution in [-0.4, -0.2) is 47.8 Å². The zero-order valence-electron chi connectivity index (χ0n) is 15.6. The third-order valence-electron chi connectivity index (χ3n) is 4.85. The summed E-state index contributed by atoms with van der Waals surface area (Å²) in [6.45, 7) is 3.33. The number of hydrogen-bond donors (Lipinski definition) is 1. The van der Waals surface area contributed by atoms with Crippen LogP contribution in [-0.2, 0) is 11.2 Å². The Kier molecular flexibility index (Phi) is 5.32. The van der Waals surface area contributed by atoms with Crippen molar-refractivity contribution in [2.75, 3.05) is 27.2 Å². The lowest BCUT2D eigenvalue weighted by Gasteiger charge is -2.19. The molecule has 0 aliphatic heterocycles. The fourth-order valence-electron chi connectivity index (χ4n) is 3.32. The highest BCUT2D eigenvalue weighted by Crippen LogP contribution is 2.39. The van der Waals surface area contributed by atoms with Crippen molar-refractivity contribution in [3.05, 3.63) is 39.7 Å². The van der Waals surface area contributed by atoms with Crippen LogP contribution in [0.1, 0.15) is 36.6 Å². The molecule has 2 aromatic rings. The van der Waals surface area contributed by atoms with Gasteiger partial charge in [0.25, 0.3) is 0 Å². The third-order valence-corrected chi connectivity index (χ3v) is 4.85. The average Bonchev–Trinajstić information content (AvgIpc) is 3.39. The van der Waals surface area contributed by atoms with Crippen molar-refractivity contribution >= 4 is 16.9 Å². The number of fused-ring (bicyclic) bond motifs is 1. The molecule has 0 atom stereocenters. The molecular weight excluding hydrogens is 332 g/mol. The van der Waals surface area contributed by atoms with Crippen LogP contribution in [0.15, 0.2) is 23.0 Å². The number of benzene rings is 1. The van der Waals surface area contributed by atoms with Crippen LogP contribution in [0.2, 0.25) is 0 Å². The molecule has 1 aliphatic rings. The first-order chi connectivity index (χ1) is 12.4. The van der Waals surface area contributed by atoms with Crippen molar-refractivity contribution in [3.8, 4) is 5.75 Å². The van der Waals surface area contributed by atoms with E-state index in [2.05, 4.69) is 9.47 Å². The number of likely N-dealkylation sites (N-methyl/N-ethyl adjacent to an activating group) is 1. The van der Waals surface area contributed by atoms with Crippen molar-refractivity contribution in [1.82, 2.24) is 9.47 Å². The minimum Gasteiger partial charge on any atom is -0.492 e. The van der Waals surface area contributed by atoms with E-state index in [0.717, 1.165) is 36.3 Å². The first-order valence-electron chi connectivity index (χ1n) is 9.05. The smallest absolute Gasteiger partial charge is 0.303 e. The van der Waals surface area contributed by atoms with Crippen molar-refractivity contribution < 1.29 is 14.6 Å². The standard InChI is InChI=1S/C20H26N2O4/c1-13-16(8-9-19(23)24)20(25)17-7-6-15(26-11-10-21(2)3)12-18(17)22(13)14-4-5-14/h6-7,12,14H,4-5,8-11H2,1-3H3,(H,23,24). The maximum atomic E-state index is 12.9. The van der Waals surface area contributed by atoms with Gasteiger partial charge in [-0.2, -0.15) is 0 Å². The number of rotatable bonds is 8. The number of nitrogens with zero attached hydrogens (tertiary/aromatic N) is 2. The minimum absolute atomic E-state index is 0.0298. The highest BCUT2D eigenvalue weighted by atomic mass is 16.5. The second-order valence-electron chi connectivity index (χ2n) is 7.22. The quantitative estimate of drug-likeness (QED) is 0.785. The van der Waals surface area contributed by atoms with Crippen LogP contribution in [0.4, 0.5) is 0 Å². The van der Waals surface area contributed by atoms with Gasteiger partial charge >= 0.3 is 5.97 Å². The molecule has 26 heavy (non-hydrogen) atoms. The van der Waals surface area contributed by atoms with E-state index in [0.29, 0.717) is 23.6 Å². The Morgan fingerprint density at radius 1 is 1.35 bits per heavy atom. The van der Waals surface area contributed by atoms with Crippen LogP contribution in [0.3, 0.4) is 0 Å².